The Balaban J connectivity index is 1.46. The Bertz CT molecular complexity index is 846. The lowest BCUT2D eigenvalue weighted by Crippen LogP contribution is -2.25. The van der Waals surface area contributed by atoms with E-state index in [2.05, 4.69) is 28.2 Å². The zero-order valence-electron chi connectivity index (χ0n) is 12.2. The molecule has 3 heterocycles. The molecule has 5 heteroatoms. The molecule has 112 valence electrons. The van der Waals surface area contributed by atoms with Crippen LogP contribution in [0.4, 0.5) is 10.2 Å². The smallest absolute Gasteiger partial charge is 0.236 e. The van der Waals surface area contributed by atoms with Gasteiger partial charge in [-0.2, -0.15) is 4.98 Å². The van der Waals surface area contributed by atoms with Gasteiger partial charge in [0.15, 0.2) is 0 Å². The van der Waals surface area contributed by atoms with Crippen LogP contribution in [0.2, 0.25) is 0 Å². The van der Waals surface area contributed by atoms with Gasteiger partial charge in [0.05, 0.1) is 17.7 Å². The second-order valence-corrected chi connectivity index (χ2v) is 6.43. The maximum Gasteiger partial charge on any atom is 0.236 e. The van der Waals surface area contributed by atoms with Crippen LogP contribution >= 0.6 is 0 Å². The molecule has 1 aromatic carbocycles. The normalized spacial score (nSPS) is 26.8. The van der Waals surface area contributed by atoms with E-state index in [0.717, 1.165) is 42.1 Å². The van der Waals surface area contributed by atoms with Crippen LogP contribution < -0.4 is 4.90 Å². The first-order chi connectivity index (χ1) is 10.8. The Kier molecular flexibility index (Phi) is 2.48. The number of alkyl halides is 1. The van der Waals surface area contributed by atoms with Crippen molar-refractivity contribution < 1.29 is 4.39 Å². The lowest BCUT2D eigenvalue weighted by molar-refractivity contribution is 0.431. The molecule has 2 aliphatic rings. The fourth-order valence-electron chi connectivity index (χ4n) is 4.11. The van der Waals surface area contributed by atoms with Gasteiger partial charge in [-0.05, 0) is 42.4 Å². The first-order valence-electron chi connectivity index (χ1n) is 7.90. The number of benzene rings is 1. The van der Waals surface area contributed by atoms with Crippen molar-refractivity contribution in [2.45, 2.75) is 6.42 Å². The van der Waals surface area contributed by atoms with Gasteiger partial charge in [0.1, 0.15) is 5.82 Å². The predicted octanol–water partition coefficient (Wildman–Crippen LogP) is 2.92. The van der Waals surface area contributed by atoms with E-state index in [4.69, 9.17) is 4.98 Å². The first-order valence-corrected chi connectivity index (χ1v) is 7.90. The molecular weight excluding hydrogens is 278 g/mol. The van der Waals surface area contributed by atoms with Crippen molar-refractivity contribution in [3.8, 4) is 0 Å². The summed E-state index contributed by atoms with van der Waals surface area (Å²) in [5.74, 6) is 3.70. The molecule has 2 aromatic heterocycles. The van der Waals surface area contributed by atoms with Crippen molar-refractivity contribution in [3.05, 3.63) is 36.5 Å². The quantitative estimate of drug-likeness (QED) is 0.745. The molecule has 4 nitrogen and oxygen atoms in total. The number of imidazole rings is 1. The summed E-state index contributed by atoms with van der Waals surface area (Å²) >= 11 is 0. The number of piperidine rings is 1. The number of aromatic nitrogens is 3. The molecule has 2 fully saturated rings. The summed E-state index contributed by atoms with van der Waals surface area (Å²) in [6.07, 6.45) is 2.79. The molecule has 1 saturated heterocycles. The second-order valence-electron chi connectivity index (χ2n) is 6.43. The molecule has 1 aliphatic carbocycles. The summed E-state index contributed by atoms with van der Waals surface area (Å²) in [7, 11) is 0. The molecule has 0 amide bonds. The fourth-order valence-corrected chi connectivity index (χ4v) is 4.11. The van der Waals surface area contributed by atoms with E-state index < -0.39 is 0 Å². The number of rotatable bonds is 3. The minimum Gasteiger partial charge on any atom is -0.356 e. The van der Waals surface area contributed by atoms with E-state index >= 15 is 0 Å². The molecule has 3 atom stereocenters. The van der Waals surface area contributed by atoms with Crippen LogP contribution in [0.1, 0.15) is 6.42 Å². The van der Waals surface area contributed by atoms with Crippen LogP contribution in [0.15, 0.2) is 36.5 Å². The zero-order valence-corrected chi connectivity index (χ0v) is 12.2. The molecule has 0 spiro atoms. The van der Waals surface area contributed by atoms with E-state index in [1.807, 2.05) is 22.6 Å². The van der Waals surface area contributed by atoms with Crippen LogP contribution in [0.3, 0.4) is 0 Å². The van der Waals surface area contributed by atoms with Gasteiger partial charge in [-0.25, -0.2) is 4.98 Å². The van der Waals surface area contributed by atoms with E-state index in [1.54, 1.807) is 0 Å². The monoisotopic (exact) mass is 295 g/mol. The van der Waals surface area contributed by atoms with Gasteiger partial charge in [-0.1, -0.05) is 12.1 Å². The van der Waals surface area contributed by atoms with Gasteiger partial charge in [0.25, 0.3) is 0 Å². The molecular formula is C17H17FN4. The van der Waals surface area contributed by atoms with Crippen molar-refractivity contribution in [1.29, 1.82) is 0 Å². The predicted molar refractivity (Wildman–Crippen MR) is 83.8 cm³/mol. The van der Waals surface area contributed by atoms with Gasteiger partial charge >= 0.3 is 0 Å². The Labute approximate surface area is 127 Å². The Morgan fingerprint density at radius 2 is 1.91 bits per heavy atom. The molecule has 0 radical (unpaired) electrons. The number of fused-ring (bicyclic) bond motifs is 4. The Hall–Kier alpha value is -2.17. The van der Waals surface area contributed by atoms with Crippen LogP contribution in [-0.4, -0.2) is 34.1 Å². The molecule has 1 unspecified atom stereocenters. The third kappa shape index (κ3) is 1.68. The largest absolute Gasteiger partial charge is 0.356 e. The minimum absolute atomic E-state index is 0.178. The highest BCUT2D eigenvalue weighted by molar-refractivity contribution is 5.79. The van der Waals surface area contributed by atoms with Crippen molar-refractivity contribution >= 4 is 22.6 Å². The summed E-state index contributed by atoms with van der Waals surface area (Å²) in [6, 6.07) is 10.1. The van der Waals surface area contributed by atoms with Crippen molar-refractivity contribution in [2.24, 2.45) is 17.8 Å². The van der Waals surface area contributed by atoms with E-state index in [0.29, 0.717) is 17.8 Å². The number of nitrogens with zero attached hydrogens (tertiary/aromatic N) is 4. The molecule has 1 aliphatic heterocycles. The number of anilines is 1. The Morgan fingerprint density at radius 1 is 1.09 bits per heavy atom. The average molecular weight is 295 g/mol. The van der Waals surface area contributed by atoms with Gasteiger partial charge in [-0.3, -0.25) is 8.79 Å². The van der Waals surface area contributed by atoms with Gasteiger partial charge in [0, 0.05) is 19.3 Å². The van der Waals surface area contributed by atoms with Crippen LogP contribution in [0.5, 0.6) is 0 Å². The molecule has 3 aromatic rings. The fraction of sp³-hybridized carbons (Fsp3) is 0.412. The molecule has 1 saturated carbocycles. The molecule has 0 N–H and O–H groups in total. The summed E-state index contributed by atoms with van der Waals surface area (Å²) < 4.78 is 14.5. The highest BCUT2D eigenvalue weighted by Crippen LogP contribution is 2.54. The number of hydrogen-bond donors (Lipinski definition) is 0. The first kappa shape index (κ1) is 12.4. The number of hydrogen-bond acceptors (Lipinski definition) is 3. The highest BCUT2D eigenvalue weighted by Gasteiger charge is 2.55. The molecule has 0 bridgehead atoms. The second kappa shape index (κ2) is 4.41. The van der Waals surface area contributed by atoms with E-state index in [1.165, 1.54) is 0 Å². The van der Waals surface area contributed by atoms with Crippen LogP contribution in [-0.2, 0) is 0 Å². The summed E-state index contributed by atoms with van der Waals surface area (Å²) in [5, 5.41) is 0. The summed E-state index contributed by atoms with van der Waals surface area (Å²) in [6.45, 7) is 1.85. The number of para-hydroxylation sites is 2. The molecule has 22 heavy (non-hydrogen) atoms. The van der Waals surface area contributed by atoms with Crippen LogP contribution in [0.25, 0.3) is 16.8 Å². The van der Waals surface area contributed by atoms with E-state index in [-0.39, 0.29) is 6.67 Å². The number of halogens is 1. The third-order valence-electron chi connectivity index (χ3n) is 5.30. The average Bonchev–Trinajstić information content (AvgIpc) is 2.93. The van der Waals surface area contributed by atoms with Crippen LogP contribution in [0, 0.1) is 17.8 Å². The third-order valence-corrected chi connectivity index (χ3v) is 5.30. The lowest BCUT2D eigenvalue weighted by atomic mass is 10.2. The topological polar surface area (TPSA) is 33.4 Å². The highest BCUT2D eigenvalue weighted by atomic mass is 18.2. The lowest BCUT2D eigenvalue weighted by Gasteiger charge is -2.20. The van der Waals surface area contributed by atoms with Crippen molar-refractivity contribution in [3.63, 3.8) is 0 Å². The maximum absolute atomic E-state index is 12.4. The molecule has 5 rings (SSSR count). The minimum atomic E-state index is -0.178. The zero-order chi connectivity index (χ0) is 14.7. The summed E-state index contributed by atoms with van der Waals surface area (Å²) in [5.41, 5.74) is 2.06. The standard InChI is InChI=1S/C17H17FN4/c18-7-5-11-12-9-21(10-13(11)12)16-6-8-22-15-4-2-1-3-14(15)19-17(22)20-16/h1-4,6,8,11-13H,5,7,9-10H2/t11?,12-,13+/i18-1. The summed E-state index contributed by atoms with van der Waals surface area (Å²) in [4.78, 5) is 11.6. The van der Waals surface area contributed by atoms with E-state index in [9.17, 15) is 4.39 Å². The van der Waals surface area contributed by atoms with Gasteiger partial charge < -0.3 is 4.90 Å². The van der Waals surface area contributed by atoms with Crippen molar-refractivity contribution in [1.82, 2.24) is 14.4 Å². The maximum atomic E-state index is 12.4. The SMILES string of the molecule is [18F]CCC1[C@H]2CN(c3ccn4c(n3)nc3ccccc34)C[C@@H]12. The Morgan fingerprint density at radius 3 is 2.73 bits per heavy atom. The van der Waals surface area contributed by atoms with Crippen molar-refractivity contribution in [2.75, 3.05) is 24.7 Å². The van der Waals surface area contributed by atoms with Gasteiger partial charge in [-0.15, -0.1) is 0 Å². The van der Waals surface area contributed by atoms with Gasteiger partial charge in [0.2, 0.25) is 5.78 Å².